The van der Waals surface area contributed by atoms with Crippen LogP contribution in [-0.4, -0.2) is 56.2 Å². The lowest BCUT2D eigenvalue weighted by atomic mass is 10.2. The number of likely N-dealkylation sites (N-methyl/N-ethyl adjacent to an activating group) is 1. The van der Waals surface area contributed by atoms with E-state index in [1.54, 1.807) is 0 Å². The Morgan fingerprint density at radius 3 is 3.00 bits per heavy atom. The maximum atomic E-state index is 11.7. The van der Waals surface area contributed by atoms with Crippen molar-refractivity contribution in [1.82, 2.24) is 19.9 Å². The first-order chi connectivity index (χ1) is 10.2. The van der Waals surface area contributed by atoms with E-state index in [2.05, 4.69) is 26.8 Å². The third kappa shape index (κ3) is 3.87. The highest BCUT2D eigenvalue weighted by Crippen LogP contribution is 2.16. The van der Waals surface area contributed by atoms with Gasteiger partial charge in [-0.15, -0.1) is 0 Å². The molecule has 0 aromatic carbocycles. The van der Waals surface area contributed by atoms with Crippen molar-refractivity contribution in [2.45, 2.75) is 25.9 Å². The van der Waals surface area contributed by atoms with E-state index in [1.807, 2.05) is 25.0 Å². The van der Waals surface area contributed by atoms with Crippen LogP contribution in [0.15, 0.2) is 17.3 Å². The van der Waals surface area contributed by atoms with Crippen LogP contribution in [0, 0.1) is 0 Å². The molecule has 2 aromatic heterocycles. The summed E-state index contributed by atoms with van der Waals surface area (Å²) < 4.78 is 0. The molecule has 0 bridgehead atoms. The number of nitrogens with one attached hydrogen (secondary N) is 2. The van der Waals surface area contributed by atoms with Crippen LogP contribution in [0.1, 0.15) is 18.9 Å². The molecule has 7 heteroatoms. The average molecular weight is 310 g/mol. The van der Waals surface area contributed by atoms with Gasteiger partial charge in [-0.3, -0.25) is 9.69 Å². The Balaban J connectivity index is 2.08. The van der Waals surface area contributed by atoms with Gasteiger partial charge in [0.05, 0.1) is 18.5 Å². The van der Waals surface area contributed by atoms with Gasteiger partial charge in [-0.1, -0.05) is 6.92 Å². The molecule has 0 fully saturated rings. The fraction of sp³-hybridized carbons (Fsp3) is 0.571. The van der Waals surface area contributed by atoms with E-state index in [9.17, 15) is 9.90 Å². The standard InChI is InChI=1S/C14H22N4O2S/c1-3-4-21-8-11(7-19)18(2)6-10-5-15-13-12(10)16-9-17-14(13)20/h5,9,11,15,19H,3-4,6-8H2,1-2H3,(H,16,17,20). The molecule has 116 valence electrons. The summed E-state index contributed by atoms with van der Waals surface area (Å²) in [6.45, 7) is 2.93. The van der Waals surface area contributed by atoms with Gasteiger partial charge < -0.3 is 15.1 Å². The van der Waals surface area contributed by atoms with Crippen LogP contribution in [0.4, 0.5) is 0 Å². The van der Waals surface area contributed by atoms with E-state index >= 15 is 0 Å². The molecule has 0 aliphatic carbocycles. The van der Waals surface area contributed by atoms with Gasteiger partial charge in [0.25, 0.3) is 5.56 Å². The lowest BCUT2D eigenvalue weighted by Gasteiger charge is -2.25. The Bertz CT molecular complexity index is 625. The van der Waals surface area contributed by atoms with Crippen molar-refractivity contribution in [3.05, 3.63) is 28.4 Å². The molecule has 1 unspecified atom stereocenters. The number of thioether (sulfide) groups is 1. The van der Waals surface area contributed by atoms with Gasteiger partial charge in [0.15, 0.2) is 0 Å². The van der Waals surface area contributed by atoms with E-state index in [4.69, 9.17) is 0 Å². The summed E-state index contributed by atoms with van der Waals surface area (Å²) in [6, 6.07) is 0.105. The Hall–Kier alpha value is -1.31. The molecule has 3 N–H and O–H groups in total. The number of aromatic amines is 2. The predicted octanol–water partition coefficient (Wildman–Crippen LogP) is 1.19. The Labute approximate surface area is 128 Å². The second-order valence-corrected chi connectivity index (χ2v) is 6.25. The maximum Gasteiger partial charge on any atom is 0.275 e. The molecule has 2 aromatic rings. The molecule has 2 rings (SSSR count). The number of hydrogen-bond acceptors (Lipinski definition) is 5. The van der Waals surface area contributed by atoms with E-state index in [0.29, 0.717) is 17.6 Å². The largest absolute Gasteiger partial charge is 0.395 e. The summed E-state index contributed by atoms with van der Waals surface area (Å²) in [5, 5.41) is 9.55. The third-order valence-electron chi connectivity index (χ3n) is 3.46. The van der Waals surface area contributed by atoms with Crippen molar-refractivity contribution in [2.75, 3.05) is 25.2 Å². The molecule has 0 aliphatic heterocycles. The van der Waals surface area contributed by atoms with Crippen LogP contribution in [0.3, 0.4) is 0 Å². The molecule has 2 heterocycles. The number of aromatic nitrogens is 3. The first-order valence-electron chi connectivity index (χ1n) is 7.09. The van der Waals surface area contributed by atoms with E-state index in [1.165, 1.54) is 6.33 Å². The number of aliphatic hydroxyl groups excluding tert-OH is 1. The van der Waals surface area contributed by atoms with Gasteiger partial charge in [-0.25, -0.2) is 4.98 Å². The highest BCUT2D eigenvalue weighted by atomic mass is 32.2. The van der Waals surface area contributed by atoms with Gasteiger partial charge in [0.2, 0.25) is 0 Å². The second-order valence-electron chi connectivity index (χ2n) is 5.10. The molecule has 1 atom stereocenters. The zero-order valence-electron chi connectivity index (χ0n) is 12.4. The normalized spacial score (nSPS) is 13.1. The zero-order valence-corrected chi connectivity index (χ0v) is 13.2. The van der Waals surface area contributed by atoms with E-state index < -0.39 is 0 Å². The molecule has 0 aliphatic rings. The van der Waals surface area contributed by atoms with Gasteiger partial charge in [0.1, 0.15) is 5.52 Å². The van der Waals surface area contributed by atoms with Crippen molar-refractivity contribution in [2.24, 2.45) is 0 Å². The fourth-order valence-electron chi connectivity index (χ4n) is 2.21. The molecule has 0 saturated heterocycles. The molecule has 0 amide bonds. The molecular weight excluding hydrogens is 288 g/mol. The summed E-state index contributed by atoms with van der Waals surface area (Å²) in [5.74, 6) is 2.01. The van der Waals surface area contributed by atoms with Gasteiger partial charge >= 0.3 is 0 Å². The van der Waals surface area contributed by atoms with Crippen molar-refractivity contribution in [1.29, 1.82) is 0 Å². The van der Waals surface area contributed by atoms with Crippen LogP contribution in [0.25, 0.3) is 11.0 Å². The summed E-state index contributed by atoms with van der Waals surface area (Å²) >= 11 is 1.85. The molecule has 0 spiro atoms. The lowest BCUT2D eigenvalue weighted by molar-refractivity contribution is 0.157. The number of nitrogens with zero attached hydrogens (tertiary/aromatic N) is 2. The quantitative estimate of drug-likeness (QED) is 0.638. The monoisotopic (exact) mass is 310 g/mol. The maximum absolute atomic E-state index is 11.7. The number of rotatable bonds is 8. The first kappa shape index (κ1) is 16.1. The molecule has 0 radical (unpaired) electrons. The number of hydrogen-bond donors (Lipinski definition) is 3. The van der Waals surface area contributed by atoms with Gasteiger partial charge in [-0.05, 0) is 19.2 Å². The Kier molecular flexibility index (Phi) is 5.84. The summed E-state index contributed by atoms with van der Waals surface area (Å²) in [6.07, 6.45) is 4.38. The smallest absolute Gasteiger partial charge is 0.275 e. The SMILES string of the molecule is CCCSCC(CO)N(C)Cc1c[nH]c2c(=O)[nH]cnc12. The lowest BCUT2D eigenvalue weighted by Crippen LogP contribution is -2.36. The van der Waals surface area contributed by atoms with Gasteiger partial charge in [0, 0.05) is 30.1 Å². The summed E-state index contributed by atoms with van der Waals surface area (Å²) in [7, 11) is 1.99. The second kappa shape index (κ2) is 7.63. The zero-order chi connectivity index (χ0) is 15.2. The third-order valence-corrected chi connectivity index (χ3v) is 4.78. The molecule has 0 saturated carbocycles. The van der Waals surface area contributed by atoms with Crippen molar-refractivity contribution in [3.63, 3.8) is 0 Å². The number of fused-ring (bicyclic) bond motifs is 1. The topological polar surface area (TPSA) is 85.0 Å². The van der Waals surface area contributed by atoms with E-state index in [0.717, 1.165) is 23.5 Å². The van der Waals surface area contributed by atoms with Crippen LogP contribution >= 0.6 is 11.8 Å². The van der Waals surface area contributed by atoms with Crippen LogP contribution in [0.5, 0.6) is 0 Å². The predicted molar refractivity (Wildman–Crippen MR) is 86.7 cm³/mol. The van der Waals surface area contributed by atoms with Crippen molar-refractivity contribution < 1.29 is 5.11 Å². The molecular formula is C14H22N4O2S. The number of H-pyrrole nitrogens is 2. The van der Waals surface area contributed by atoms with Crippen LogP contribution < -0.4 is 5.56 Å². The van der Waals surface area contributed by atoms with Crippen LogP contribution in [-0.2, 0) is 6.54 Å². The fourth-order valence-corrected chi connectivity index (χ4v) is 3.29. The summed E-state index contributed by atoms with van der Waals surface area (Å²) in [5.41, 5.74) is 2.01. The minimum Gasteiger partial charge on any atom is -0.395 e. The molecule has 6 nitrogen and oxygen atoms in total. The Morgan fingerprint density at radius 2 is 2.29 bits per heavy atom. The molecule has 21 heavy (non-hydrogen) atoms. The first-order valence-corrected chi connectivity index (χ1v) is 8.25. The van der Waals surface area contributed by atoms with E-state index in [-0.39, 0.29) is 18.2 Å². The van der Waals surface area contributed by atoms with Gasteiger partial charge in [-0.2, -0.15) is 11.8 Å². The number of aliphatic hydroxyl groups is 1. The van der Waals surface area contributed by atoms with Crippen molar-refractivity contribution >= 4 is 22.8 Å². The highest BCUT2D eigenvalue weighted by Gasteiger charge is 2.16. The average Bonchev–Trinajstić information content (AvgIpc) is 2.88. The minimum absolute atomic E-state index is 0.105. The van der Waals surface area contributed by atoms with Crippen LogP contribution in [0.2, 0.25) is 0 Å². The van der Waals surface area contributed by atoms with Crippen molar-refractivity contribution in [3.8, 4) is 0 Å². The minimum atomic E-state index is -0.161. The highest BCUT2D eigenvalue weighted by molar-refractivity contribution is 7.99. The summed E-state index contributed by atoms with van der Waals surface area (Å²) in [4.78, 5) is 23.5. The Morgan fingerprint density at radius 1 is 1.48 bits per heavy atom.